The molecule has 4 nitrogen and oxygen atoms in total. The largest absolute Gasteiger partial charge is 0.339 e. The fraction of sp³-hybridized carbons (Fsp3) is 0.462. The summed E-state index contributed by atoms with van der Waals surface area (Å²) in [4.78, 5) is 13.7. The second-order valence-corrected chi connectivity index (χ2v) is 4.70. The predicted octanol–water partition coefficient (Wildman–Crippen LogP) is 2.37. The Labute approximate surface area is 111 Å². The zero-order valence-electron chi connectivity index (χ0n) is 11.3. The summed E-state index contributed by atoms with van der Waals surface area (Å²) < 4.78 is 27.1. The number of benzene rings is 1. The van der Waals surface area contributed by atoms with Crippen molar-refractivity contribution in [2.45, 2.75) is 20.8 Å². The molecular weight excluding hydrogens is 252 g/mol. The van der Waals surface area contributed by atoms with E-state index in [9.17, 15) is 13.6 Å². The summed E-state index contributed by atoms with van der Waals surface area (Å²) in [5.74, 6) is 3.13. The number of nitrogen functional groups attached to an aromatic ring is 1. The Hall–Kier alpha value is -1.69. The van der Waals surface area contributed by atoms with E-state index in [4.69, 9.17) is 5.84 Å². The van der Waals surface area contributed by atoms with Crippen molar-refractivity contribution in [2.24, 2.45) is 11.8 Å². The third kappa shape index (κ3) is 3.64. The number of halogens is 2. The average molecular weight is 271 g/mol. The Morgan fingerprint density at radius 3 is 2.26 bits per heavy atom. The number of nitrogens with one attached hydrogen (secondary N) is 1. The van der Waals surface area contributed by atoms with Gasteiger partial charge in [0, 0.05) is 18.7 Å². The number of hydrogen-bond acceptors (Lipinski definition) is 3. The summed E-state index contributed by atoms with van der Waals surface area (Å²) >= 11 is 0. The van der Waals surface area contributed by atoms with Gasteiger partial charge in [0.2, 0.25) is 0 Å². The van der Waals surface area contributed by atoms with Gasteiger partial charge in [0.25, 0.3) is 5.91 Å². The van der Waals surface area contributed by atoms with E-state index in [1.165, 1.54) is 0 Å². The van der Waals surface area contributed by atoms with Crippen molar-refractivity contribution in [1.82, 2.24) is 4.90 Å². The SMILES string of the molecule is CCN(CC(C)C)C(=O)c1cc(F)c(NN)c(F)c1. The molecule has 0 aromatic heterocycles. The molecule has 0 aliphatic heterocycles. The molecular formula is C13H19F2N3O. The Kier molecular flexibility index (Phi) is 5.23. The van der Waals surface area contributed by atoms with Crippen molar-refractivity contribution in [3.63, 3.8) is 0 Å². The van der Waals surface area contributed by atoms with Crippen molar-refractivity contribution in [2.75, 3.05) is 18.5 Å². The minimum atomic E-state index is -0.883. The van der Waals surface area contributed by atoms with Crippen molar-refractivity contribution in [1.29, 1.82) is 0 Å². The van der Waals surface area contributed by atoms with Crippen LogP contribution in [0.15, 0.2) is 12.1 Å². The van der Waals surface area contributed by atoms with Crippen LogP contribution >= 0.6 is 0 Å². The van der Waals surface area contributed by atoms with Crippen LogP contribution in [0, 0.1) is 17.6 Å². The quantitative estimate of drug-likeness (QED) is 0.638. The molecule has 0 saturated heterocycles. The van der Waals surface area contributed by atoms with E-state index in [0.717, 1.165) is 12.1 Å². The first-order valence-corrected chi connectivity index (χ1v) is 6.15. The van der Waals surface area contributed by atoms with E-state index in [-0.39, 0.29) is 11.5 Å². The van der Waals surface area contributed by atoms with Gasteiger partial charge in [-0.2, -0.15) is 0 Å². The standard InChI is InChI=1S/C13H19F2N3O/c1-4-18(7-8(2)3)13(19)9-5-10(14)12(17-16)11(15)6-9/h5-6,8,17H,4,7,16H2,1-3H3. The molecule has 1 amide bonds. The fourth-order valence-corrected chi connectivity index (χ4v) is 1.81. The number of anilines is 1. The Morgan fingerprint density at radius 1 is 1.37 bits per heavy atom. The van der Waals surface area contributed by atoms with Crippen LogP contribution in [0.1, 0.15) is 31.1 Å². The second kappa shape index (κ2) is 6.47. The molecule has 19 heavy (non-hydrogen) atoms. The third-order valence-corrected chi connectivity index (χ3v) is 2.69. The van der Waals surface area contributed by atoms with Crippen LogP contribution in [0.2, 0.25) is 0 Å². The van der Waals surface area contributed by atoms with Crippen LogP contribution in [0.5, 0.6) is 0 Å². The number of carbonyl (C=O) groups excluding carboxylic acids is 1. The van der Waals surface area contributed by atoms with Crippen LogP contribution in [0.25, 0.3) is 0 Å². The van der Waals surface area contributed by atoms with E-state index in [1.54, 1.807) is 4.90 Å². The molecule has 106 valence electrons. The zero-order valence-corrected chi connectivity index (χ0v) is 11.3. The summed E-state index contributed by atoms with van der Waals surface area (Å²) in [5.41, 5.74) is 1.47. The van der Waals surface area contributed by atoms with Gasteiger partial charge in [-0.3, -0.25) is 10.6 Å². The van der Waals surface area contributed by atoms with Gasteiger partial charge in [0.15, 0.2) is 11.6 Å². The highest BCUT2D eigenvalue weighted by Gasteiger charge is 2.19. The van der Waals surface area contributed by atoms with Gasteiger partial charge >= 0.3 is 0 Å². The molecule has 0 fully saturated rings. The minimum Gasteiger partial charge on any atom is -0.339 e. The molecule has 0 aliphatic carbocycles. The molecule has 0 heterocycles. The predicted molar refractivity (Wildman–Crippen MR) is 70.6 cm³/mol. The minimum absolute atomic E-state index is 0.0171. The van der Waals surface area contributed by atoms with Crippen molar-refractivity contribution < 1.29 is 13.6 Å². The van der Waals surface area contributed by atoms with E-state index in [0.29, 0.717) is 13.1 Å². The highest BCUT2D eigenvalue weighted by Crippen LogP contribution is 2.20. The van der Waals surface area contributed by atoms with E-state index in [1.807, 2.05) is 26.2 Å². The maximum atomic E-state index is 13.5. The van der Waals surface area contributed by atoms with Crippen LogP contribution in [0.3, 0.4) is 0 Å². The lowest BCUT2D eigenvalue weighted by molar-refractivity contribution is 0.0745. The van der Waals surface area contributed by atoms with Gasteiger partial charge in [-0.25, -0.2) is 8.78 Å². The Balaban J connectivity index is 3.05. The van der Waals surface area contributed by atoms with E-state index < -0.39 is 23.2 Å². The number of hydrazine groups is 1. The molecule has 0 atom stereocenters. The molecule has 0 bridgehead atoms. The number of hydrogen-bond donors (Lipinski definition) is 2. The van der Waals surface area contributed by atoms with Gasteiger partial charge in [0.1, 0.15) is 5.69 Å². The lowest BCUT2D eigenvalue weighted by Gasteiger charge is -2.23. The average Bonchev–Trinajstić information content (AvgIpc) is 2.34. The van der Waals surface area contributed by atoms with Crippen molar-refractivity contribution in [3.8, 4) is 0 Å². The number of nitrogens with two attached hydrogens (primary N) is 1. The highest BCUT2D eigenvalue weighted by molar-refractivity contribution is 5.94. The molecule has 0 aliphatic rings. The molecule has 1 rings (SSSR count). The first-order chi connectivity index (χ1) is 8.90. The molecule has 0 saturated carbocycles. The molecule has 1 aromatic carbocycles. The maximum absolute atomic E-state index is 13.5. The number of rotatable bonds is 5. The maximum Gasteiger partial charge on any atom is 0.254 e. The van der Waals surface area contributed by atoms with Gasteiger partial charge in [-0.05, 0) is 25.0 Å². The first kappa shape index (κ1) is 15.4. The second-order valence-electron chi connectivity index (χ2n) is 4.70. The lowest BCUT2D eigenvalue weighted by atomic mass is 10.1. The summed E-state index contributed by atoms with van der Waals surface area (Å²) in [5, 5.41) is 0. The molecule has 0 unspecified atom stereocenters. The topological polar surface area (TPSA) is 58.4 Å². The number of nitrogens with zero attached hydrogens (tertiary/aromatic N) is 1. The molecule has 0 radical (unpaired) electrons. The van der Waals surface area contributed by atoms with Crippen LogP contribution in [-0.4, -0.2) is 23.9 Å². The fourth-order valence-electron chi connectivity index (χ4n) is 1.81. The van der Waals surface area contributed by atoms with Crippen molar-refractivity contribution >= 4 is 11.6 Å². The van der Waals surface area contributed by atoms with E-state index in [2.05, 4.69) is 0 Å². The molecule has 3 N–H and O–H groups in total. The third-order valence-electron chi connectivity index (χ3n) is 2.69. The van der Waals surface area contributed by atoms with Gasteiger partial charge in [0.05, 0.1) is 0 Å². The van der Waals surface area contributed by atoms with Gasteiger partial charge < -0.3 is 10.3 Å². The first-order valence-electron chi connectivity index (χ1n) is 6.15. The van der Waals surface area contributed by atoms with E-state index >= 15 is 0 Å². The Bertz CT molecular complexity index is 440. The van der Waals surface area contributed by atoms with Crippen LogP contribution < -0.4 is 11.3 Å². The lowest BCUT2D eigenvalue weighted by Crippen LogP contribution is -2.34. The smallest absolute Gasteiger partial charge is 0.254 e. The molecule has 6 heteroatoms. The number of carbonyl (C=O) groups is 1. The molecule has 0 spiro atoms. The number of amides is 1. The normalized spacial score (nSPS) is 10.7. The summed E-state index contributed by atoms with van der Waals surface area (Å²) in [6, 6.07) is 1.98. The summed E-state index contributed by atoms with van der Waals surface area (Å²) in [7, 11) is 0. The van der Waals surface area contributed by atoms with Crippen molar-refractivity contribution in [3.05, 3.63) is 29.3 Å². The highest BCUT2D eigenvalue weighted by atomic mass is 19.1. The summed E-state index contributed by atoms with van der Waals surface area (Å²) in [6.07, 6.45) is 0. The van der Waals surface area contributed by atoms with Gasteiger partial charge in [-0.1, -0.05) is 13.8 Å². The Morgan fingerprint density at radius 2 is 1.89 bits per heavy atom. The molecule has 1 aromatic rings. The zero-order chi connectivity index (χ0) is 14.6. The van der Waals surface area contributed by atoms with Crippen LogP contribution in [0.4, 0.5) is 14.5 Å². The van der Waals surface area contributed by atoms with Crippen LogP contribution in [-0.2, 0) is 0 Å². The summed E-state index contributed by atoms with van der Waals surface area (Å²) in [6.45, 7) is 6.78. The van der Waals surface area contributed by atoms with Gasteiger partial charge in [-0.15, -0.1) is 0 Å². The monoisotopic (exact) mass is 271 g/mol.